The molecule has 2 N–H and O–H groups in total. The van der Waals surface area contributed by atoms with Crippen molar-refractivity contribution < 1.29 is 9.47 Å². The molecule has 0 radical (unpaired) electrons. The normalized spacial score (nSPS) is 17.9. The summed E-state index contributed by atoms with van der Waals surface area (Å²) in [5.74, 6) is 1.36. The highest BCUT2D eigenvalue weighted by molar-refractivity contribution is 9.10. The van der Waals surface area contributed by atoms with Gasteiger partial charge < -0.3 is 15.2 Å². The number of halogens is 2. The number of nitrogens with two attached hydrogens (primary N) is 1. The number of methoxy groups -OCH3 is 1. The first-order chi connectivity index (χ1) is 8.22. The third-order valence-electron chi connectivity index (χ3n) is 3.33. The fraction of sp³-hybridized carbons (Fsp3) is 0.538. The van der Waals surface area contributed by atoms with Crippen molar-refractivity contribution in [2.75, 3.05) is 20.3 Å². The lowest BCUT2D eigenvalue weighted by atomic mass is 9.88. The molecule has 18 heavy (non-hydrogen) atoms. The van der Waals surface area contributed by atoms with Gasteiger partial charge in [-0.3, -0.25) is 0 Å². The number of hydrogen-bond acceptors (Lipinski definition) is 3. The Balaban J connectivity index is 0.00000162. The molecule has 1 saturated heterocycles. The minimum atomic E-state index is 0. The molecule has 102 valence electrons. The quantitative estimate of drug-likeness (QED) is 0.921. The molecule has 1 atom stereocenters. The molecule has 1 fully saturated rings. The summed E-state index contributed by atoms with van der Waals surface area (Å²) in [5, 5.41) is 0. The van der Waals surface area contributed by atoms with Gasteiger partial charge in [-0.25, -0.2) is 0 Å². The van der Waals surface area contributed by atoms with Crippen molar-refractivity contribution >= 4 is 28.3 Å². The van der Waals surface area contributed by atoms with E-state index in [0.717, 1.165) is 41.8 Å². The van der Waals surface area contributed by atoms with E-state index in [4.69, 9.17) is 15.2 Å². The number of hydrogen-bond donors (Lipinski definition) is 1. The predicted molar refractivity (Wildman–Crippen MR) is 78.4 cm³/mol. The second-order valence-electron chi connectivity index (χ2n) is 4.37. The predicted octanol–water partition coefficient (Wildman–Crippen LogP) is 3.31. The van der Waals surface area contributed by atoms with Crippen molar-refractivity contribution in [1.82, 2.24) is 0 Å². The molecular weight excluding hydrogens is 318 g/mol. The number of ether oxygens (including phenoxy) is 2. The van der Waals surface area contributed by atoms with Crippen molar-refractivity contribution in [3.63, 3.8) is 0 Å². The van der Waals surface area contributed by atoms with Crippen LogP contribution in [0.5, 0.6) is 5.75 Å². The molecule has 2 rings (SSSR count). The molecule has 0 bridgehead atoms. The summed E-state index contributed by atoms with van der Waals surface area (Å²) in [4.78, 5) is 0. The van der Waals surface area contributed by atoms with E-state index < -0.39 is 0 Å². The minimum absolute atomic E-state index is 0. The SMILES string of the molecule is COc1ccc([C@H](N)C2CCOCC2)cc1Br.Cl. The van der Waals surface area contributed by atoms with E-state index in [2.05, 4.69) is 22.0 Å². The van der Waals surface area contributed by atoms with Crippen molar-refractivity contribution in [2.24, 2.45) is 11.7 Å². The topological polar surface area (TPSA) is 44.5 Å². The highest BCUT2D eigenvalue weighted by Crippen LogP contribution is 2.32. The molecule has 1 aromatic carbocycles. The van der Waals surface area contributed by atoms with Gasteiger partial charge in [0.05, 0.1) is 11.6 Å². The third kappa shape index (κ3) is 3.60. The molecule has 0 aromatic heterocycles. The summed E-state index contributed by atoms with van der Waals surface area (Å²) in [7, 11) is 1.66. The Kier molecular flexibility index (Phi) is 6.43. The Hall–Kier alpha value is -0.290. The Labute approximate surface area is 123 Å². The van der Waals surface area contributed by atoms with Gasteiger partial charge in [-0.1, -0.05) is 6.07 Å². The molecule has 1 aliphatic heterocycles. The Morgan fingerprint density at radius 3 is 2.61 bits per heavy atom. The van der Waals surface area contributed by atoms with Gasteiger partial charge in [-0.05, 0) is 52.4 Å². The molecule has 0 unspecified atom stereocenters. The summed E-state index contributed by atoms with van der Waals surface area (Å²) < 4.78 is 11.5. The smallest absolute Gasteiger partial charge is 0.133 e. The van der Waals surface area contributed by atoms with Gasteiger partial charge in [-0.2, -0.15) is 0 Å². The average molecular weight is 337 g/mol. The van der Waals surface area contributed by atoms with E-state index in [1.165, 1.54) is 0 Å². The maximum Gasteiger partial charge on any atom is 0.133 e. The Morgan fingerprint density at radius 1 is 1.39 bits per heavy atom. The molecule has 5 heteroatoms. The second-order valence-corrected chi connectivity index (χ2v) is 5.22. The van der Waals surface area contributed by atoms with Crippen LogP contribution in [0, 0.1) is 5.92 Å². The second kappa shape index (κ2) is 7.34. The van der Waals surface area contributed by atoms with E-state index in [1.807, 2.05) is 12.1 Å². The van der Waals surface area contributed by atoms with E-state index in [1.54, 1.807) is 7.11 Å². The highest BCUT2D eigenvalue weighted by Gasteiger charge is 2.22. The lowest BCUT2D eigenvalue weighted by molar-refractivity contribution is 0.0583. The van der Waals surface area contributed by atoms with Crippen LogP contribution in [0.4, 0.5) is 0 Å². The summed E-state index contributed by atoms with van der Waals surface area (Å²) in [6.45, 7) is 1.66. The summed E-state index contributed by atoms with van der Waals surface area (Å²) in [6.07, 6.45) is 2.09. The Bertz CT molecular complexity index is 383. The van der Waals surface area contributed by atoms with Crippen LogP contribution in [0.25, 0.3) is 0 Å². The molecule has 3 nitrogen and oxygen atoms in total. The first-order valence-electron chi connectivity index (χ1n) is 5.89. The number of rotatable bonds is 3. The van der Waals surface area contributed by atoms with Gasteiger partial charge in [0.2, 0.25) is 0 Å². The van der Waals surface area contributed by atoms with E-state index in [9.17, 15) is 0 Å². The van der Waals surface area contributed by atoms with E-state index in [-0.39, 0.29) is 18.4 Å². The van der Waals surface area contributed by atoms with Crippen LogP contribution in [0.2, 0.25) is 0 Å². The zero-order valence-electron chi connectivity index (χ0n) is 10.4. The van der Waals surface area contributed by atoms with Crippen LogP contribution < -0.4 is 10.5 Å². The molecule has 1 aromatic rings. The van der Waals surface area contributed by atoms with Gasteiger partial charge >= 0.3 is 0 Å². The molecule has 0 spiro atoms. The zero-order valence-corrected chi connectivity index (χ0v) is 12.8. The van der Waals surface area contributed by atoms with E-state index in [0.29, 0.717) is 5.92 Å². The summed E-state index contributed by atoms with van der Waals surface area (Å²) >= 11 is 3.49. The van der Waals surface area contributed by atoms with Gasteiger partial charge in [0.15, 0.2) is 0 Å². The molecule has 0 saturated carbocycles. The maximum absolute atomic E-state index is 6.31. The van der Waals surface area contributed by atoms with Crippen LogP contribution >= 0.6 is 28.3 Å². The van der Waals surface area contributed by atoms with Crippen molar-refractivity contribution in [3.05, 3.63) is 28.2 Å². The lowest BCUT2D eigenvalue weighted by Gasteiger charge is -2.28. The van der Waals surface area contributed by atoms with Crippen LogP contribution in [0.15, 0.2) is 22.7 Å². The van der Waals surface area contributed by atoms with Crippen molar-refractivity contribution in [1.29, 1.82) is 0 Å². The first-order valence-corrected chi connectivity index (χ1v) is 6.68. The molecule has 0 aliphatic carbocycles. The summed E-state index contributed by atoms with van der Waals surface area (Å²) in [5.41, 5.74) is 7.47. The minimum Gasteiger partial charge on any atom is -0.496 e. The highest BCUT2D eigenvalue weighted by atomic mass is 79.9. The van der Waals surface area contributed by atoms with Crippen LogP contribution in [-0.2, 0) is 4.74 Å². The number of benzene rings is 1. The van der Waals surface area contributed by atoms with Crippen molar-refractivity contribution in [2.45, 2.75) is 18.9 Å². The third-order valence-corrected chi connectivity index (χ3v) is 3.95. The van der Waals surface area contributed by atoms with Gasteiger partial charge in [-0.15, -0.1) is 12.4 Å². The monoisotopic (exact) mass is 335 g/mol. The van der Waals surface area contributed by atoms with E-state index >= 15 is 0 Å². The summed E-state index contributed by atoms with van der Waals surface area (Å²) in [6, 6.07) is 6.14. The largest absolute Gasteiger partial charge is 0.496 e. The van der Waals surface area contributed by atoms with Gasteiger partial charge in [0, 0.05) is 19.3 Å². The molecule has 0 amide bonds. The van der Waals surface area contributed by atoms with Crippen LogP contribution in [-0.4, -0.2) is 20.3 Å². The Morgan fingerprint density at radius 2 is 2.06 bits per heavy atom. The fourth-order valence-corrected chi connectivity index (χ4v) is 2.80. The zero-order chi connectivity index (χ0) is 12.3. The van der Waals surface area contributed by atoms with Gasteiger partial charge in [0.1, 0.15) is 5.75 Å². The molecular formula is C13H19BrClNO2. The van der Waals surface area contributed by atoms with Crippen LogP contribution in [0.1, 0.15) is 24.4 Å². The molecule has 1 aliphatic rings. The lowest BCUT2D eigenvalue weighted by Crippen LogP contribution is -2.27. The van der Waals surface area contributed by atoms with Crippen molar-refractivity contribution in [3.8, 4) is 5.75 Å². The maximum atomic E-state index is 6.31. The van der Waals surface area contributed by atoms with Gasteiger partial charge in [0.25, 0.3) is 0 Å². The van der Waals surface area contributed by atoms with Crippen LogP contribution in [0.3, 0.4) is 0 Å². The molecule has 1 heterocycles. The average Bonchev–Trinajstić information content (AvgIpc) is 2.39. The fourth-order valence-electron chi connectivity index (χ4n) is 2.24. The standard InChI is InChI=1S/C13H18BrNO2.ClH/c1-16-12-3-2-10(8-11(12)14)13(15)9-4-6-17-7-5-9;/h2-3,8-9,13H,4-7,15H2,1H3;1H/t13-;/m1./s1. The first kappa shape index (κ1) is 15.8.